The molecule has 1 saturated heterocycles. The molecule has 1 unspecified atom stereocenters. The minimum Gasteiger partial charge on any atom is -0.379 e. The van der Waals surface area contributed by atoms with Crippen molar-refractivity contribution < 1.29 is 9.47 Å². The third-order valence-corrected chi connectivity index (χ3v) is 2.01. The van der Waals surface area contributed by atoms with Crippen molar-refractivity contribution in [3.8, 4) is 0 Å². The third kappa shape index (κ3) is 5.03. The standard InChI is InChI=1S/C10H19NO2/c1-2-3-4-6-12-9-10-8-11-5-7-13-10/h2,10-11H,1,3-9H2. The Morgan fingerprint density at radius 1 is 1.62 bits per heavy atom. The lowest BCUT2D eigenvalue weighted by molar-refractivity contribution is -0.0315. The molecule has 0 aliphatic carbocycles. The number of nitrogens with one attached hydrogen (secondary N) is 1. The van der Waals surface area contributed by atoms with Crippen molar-refractivity contribution in [3.05, 3.63) is 12.7 Å². The molecule has 0 radical (unpaired) electrons. The van der Waals surface area contributed by atoms with Crippen LogP contribution in [-0.2, 0) is 9.47 Å². The van der Waals surface area contributed by atoms with Crippen LogP contribution in [0, 0.1) is 0 Å². The van der Waals surface area contributed by atoms with E-state index in [1.807, 2.05) is 6.08 Å². The summed E-state index contributed by atoms with van der Waals surface area (Å²) in [7, 11) is 0. The maximum Gasteiger partial charge on any atom is 0.0933 e. The van der Waals surface area contributed by atoms with E-state index in [0.29, 0.717) is 6.61 Å². The fraction of sp³-hybridized carbons (Fsp3) is 0.800. The summed E-state index contributed by atoms with van der Waals surface area (Å²) in [6.45, 7) is 7.87. The Bertz CT molecular complexity index is 133. The van der Waals surface area contributed by atoms with Gasteiger partial charge in [-0.1, -0.05) is 6.08 Å². The molecule has 0 aromatic heterocycles. The van der Waals surface area contributed by atoms with E-state index in [2.05, 4.69) is 11.9 Å². The Morgan fingerprint density at radius 2 is 2.54 bits per heavy atom. The number of hydrogen-bond acceptors (Lipinski definition) is 3. The predicted octanol–water partition coefficient (Wildman–Crippen LogP) is 0.958. The van der Waals surface area contributed by atoms with Crippen LogP contribution in [0.4, 0.5) is 0 Å². The maximum absolute atomic E-state index is 5.48. The molecule has 1 atom stereocenters. The lowest BCUT2D eigenvalue weighted by Crippen LogP contribution is -2.41. The Balaban J connectivity index is 1.89. The predicted molar refractivity (Wildman–Crippen MR) is 52.9 cm³/mol. The molecule has 3 heteroatoms. The van der Waals surface area contributed by atoms with Crippen LogP contribution >= 0.6 is 0 Å². The summed E-state index contributed by atoms with van der Waals surface area (Å²) >= 11 is 0. The molecule has 1 rings (SSSR count). The average Bonchev–Trinajstić information content (AvgIpc) is 2.19. The van der Waals surface area contributed by atoms with E-state index in [4.69, 9.17) is 9.47 Å². The van der Waals surface area contributed by atoms with Gasteiger partial charge in [-0.25, -0.2) is 0 Å². The average molecular weight is 185 g/mol. The van der Waals surface area contributed by atoms with Gasteiger partial charge in [-0.15, -0.1) is 6.58 Å². The van der Waals surface area contributed by atoms with Gasteiger partial charge in [0.2, 0.25) is 0 Å². The molecule has 3 nitrogen and oxygen atoms in total. The number of hydrogen-bond donors (Lipinski definition) is 1. The van der Waals surface area contributed by atoms with Gasteiger partial charge in [-0.2, -0.15) is 0 Å². The summed E-state index contributed by atoms with van der Waals surface area (Å²) in [4.78, 5) is 0. The molecule has 1 fully saturated rings. The summed E-state index contributed by atoms with van der Waals surface area (Å²) in [5.41, 5.74) is 0. The van der Waals surface area contributed by atoms with E-state index in [9.17, 15) is 0 Å². The topological polar surface area (TPSA) is 30.5 Å². The van der Waals surface area contributed by atoms with Crippen molar-refractivity contribution in [2.75, 3.05) is 32.9 Å². The molecule has 1 aliphatic heterocycles. The number of morpholine rings is 1. The minimum absolute atomic E-state index is 0.248. The van der Waals surface area contributed by atoms with E-state index in [1.54, 1.807) is 0 Å². The molecule has 76 valence electrons. The summed E-state index contributed by atoms with van der Waals surface area (Å²) in [6.07, 6.45) is 4.26. The number of unbranched alkanes of at least 4 members (excludes halogenated alkanes) is 1. The van der Waals surface area contributed by atoms with Gasteiger partial charge >= 0.3 is 0 Å². The van der Waals surface area contributed by atoms with Crippen molar-refractivity contribution in [1.82, 2.24) is 5.32 Å². The molecule has 13 heavy (non-hydrogen) atoms. The molecule has 0 amide bonds. The summed E-state index contributed by atoms with van der Waals surface area (Å²) < 4.78 is 10.9. The van der Waals surface area contributed by atoms with Gasteiger partial charge in [0.05, 0.1) is 19.3 Å². The minimum atomic E-state index is 0.248. The van der Waals surface area contributed by atoms with Gasteiger partial charge in [-0.3, -0.25) is 0 Å². The first kappa shape index (κ1) is 10.7. The lowest BCUT2D eigenvalue weighted by Gasteiger charge is -2.23. The van der Waals surface area contributed by atoms with Crippen molar-refractivity contribution in [3.63, 3.8) is 0 Å². The zero-order chi connectivity index (χ0) is 9.36. The first-order valence-corrected chi connectivity index (χ1v) is 4.94. The molecule has 0 spiro atoms. The molecule has 0 bridgehead atoms. The summed E-state index contributed by atoms with van der Waals surface area (Å²) in [5.74, 6) is 0. The maximum atomic E-state index is 5.48. The highest BCUT2D eigenvalue weighted by Crippen LogP contribution is 1.98. The van der Waals surface area contributed by atoms with Crippen LogP contribution in [0.1, 0.15) is 12.8 Å². The summed E-state index contributed by atoms with van der Waals surface area (Å²) in [6, 6.07) is 0. The third-order valence-electron chi connectivity index (χ3n) is 2.01. The number of allylic oxidation sites excluding steroid dienone is 1. The molecular weight excluding hydrogens is 166 g/mol. The van der Waals surface area contributed by atoms with E-state index in [1.165, 1.54) is 0 Å². The first-order chi connectivity index (χ1) is 6.43. The first-order valence-electron chi connectivity index (χ1n) is 4.94. The van der Waals surface area contributed by atoms with Crippen LogP contribution in [0.2, 0.25) is 0 Å². The van der Waals surface area contributed by atoms with Gasteiger partial charge in [0.15, 0.2) is 0 Å². The zero-order valence-corrected chi connectivity index (χ0v) is 8.13. The Hall–Kier alpha value is -0.380. The molecule has 1 aliphatic rings. The highest BCUT2D eigenvalue weighted by molar-refractivity contribution is 4.67. The Kier molecular flexibility index (Phi) is 5.81. The van der Waals surface area contributed by atoms with E-state index in [0.717, 1.165) is 39.1 Å². The highest BCUT2D eigenvalue weighted by atomic mass is 16.5. The quantitative estimate of drug-likeness (QED) is 0.494. The molecule has 0 aromatic rings. The molecule has 1 N–H and O–H groups in total. The highest BCUT2D eigenvalue weighted by Gasteiger charge is 2.12. The van der Waals surface area contributed by atoms with Gasteiger partial charge in [0.25, 0.3) is 0 Å². The van der Waals surface area contributed by atoms with Crippen molar-refractivity contribution in [2.24, 2.45) is 0 Å². The number of rotatable bonds is 6. The summed E-state index contributed by atoms with van der Waals surface area (Å²) in [5, 5.41) is 3.27. The van der Waals surface area contributed by atoms with Gasteiger partial charge in [-0.05, 0) is 12.8 Å². The van der Waals surface area contributed by atoms with Crippen LogP contribution in [0.15, 0.2) is 12.7 Å². The van der Waals surface area contributed by atoms with Crippen LogP contribution in [-0.4, -0.2) is 39.0 Å². The van der Waals surface area contributed by atoms with Gasteiger partial charge in [0, 0.05) is 19.7 Å². The largest absolute Gasteiger partial charge is 0.379 e. The molecule has 0 aromatic carbocycles. The Morgan fingerprint density at radius 3 is 3.23 bits per heavy atom. The zero-order valence-electron chi connectivity index (χ0n) is 8.13. The second-order valence-electron chi connectivity index (χ2n) is 3.20. The van der Waals surface area contributed by atoms with Crippen LogP contribution in [0.25, 0.3) is 0 Å². The van der Waals surface area contributed by atoms with Crippen molar-refractivity contribution in [1.29, 1.82) is 0 Å². The SMILES string of the molecule is C=CCCCOCC1CNCCO1. The lowest BCUT2D eigenvalue weighted by atomic mass is 10.3. The van der Waals surface area contributed by atoms with Crippen LogP contribution < -0.4 is 5.32 Å². The van der Waals surface area contributed by atoms with Crippen LogP contribution in [0.3, 0.4) is 0 Å². The van der Waals surface area contributed by atoms with Crippen molar-refractivity contribution >= 4 is 0 Å². The smallest absolute Gasteiger partial charge is 0.0933 e. The number of ether oxygens (including phenoxy) is 2. The molecular formula is C10H19NO2. The molecule has 0 saturated carbocycles. The fourth-order valence-corrected chi connectivity index (χ4v) is 1.27. The van der Waals surface area contributed by atoms with E-state index in [-0.39, 0.29) is 6.10 Å². The fourth-order valence-electron chi connectivity index (χ4n) is 1.27. The van der Waals surface area contributed by atoms with E-state index < -0.39 is 0 Å². The Labute approximate surface area is 80.1 Å². The van der Waals surface area contributed by atoms with E-state index >= 15 is 0 Å². The normalized spacial score (nSPS) is 22.9. The van der Waals surface area contributed by atoms with Gasteiger partial charge < -0.3 is 14.8 Å². The second-order valence-corrected chi connectivity index (χ2v) is 3.20. The van der Waals surface area contributed by atoms with Crippen LogP contribution in [0.5, 0.6) is 0 Å². The van der Waals surface area contributed by atoms with Gasteiger partial charge in [0.1, 0.15) is 0 Å². The second kappa shape index (κ2) is 7.06. The van der Waals surface area contributed by atoms with Crippen molar-refractivity contribution in [2.45, 2.75) is 18.9 Å². The molecule has 1 heterocycles. The monoisotopic (exact) mass is 185 g/mol.